The zero-order chi connectivity index (χ0) is 10.5. The molecule has 80 valence electrons. The molecule has 0 atom stereocenters. The minimum Gasteiger partial charge on any atom is -0.496 e. The normalized spacial score (nSPS) is 21.2. The number of benzene rings is 1. The predicted octanol–water partition coefficient (Wildman–Crippen LogP) is 2.13. The topological polar surface area (TPSA) is 35.2 Å². The van der Waals surface area contributed by atoms with Crippen LogP contribution in [0.1, 0.15) is 36.0 Å². The number of hydrogen-bond donors (Lipinski definition) is 1. The highest BCUT2D eigenvalue weighted by molar-refractivity contribution is 5.53. The standard InChI is InChI=1S/C13H17NO/c1-15-11-6-5-9-3-2-4-10(9)12(11)13(14)7-8-13/h5-6H,2-4,7-8,14H2,1H3. The lowest BCUT2D eigenvalue weighted by Crippen LogP contribution is -2.21. The molecule has 1 saturated carbocycles. The van der Waals surface area contributed by atoms with Gasteiger partial charge in [0.25, 0.3) is 0 Å². The summed E-state index contributed by atoms with van der Waals surface area (Å²) in [5.74, 6) is 0.996. The predicted molar refractivity (Wildman–Crippen MR) is 60.1 cm³/mol. The van der Waals surface area contributed by atoms with E-state index in [-0.39, 0.29) is 5.54 Å². The third-order valence-electron chi connectivity index (χ3n) is 3.75. The van der Waals surface area contributed by atoms with E-state index in [0.29, 0.717) is 0 Å². The Kier molecular flexibility index (Phi) is 1.84. The molecule has 2 aliphatic carbocycles. The van der Waals surface area contributed by atoms with E-state index in [9.17, 15) is 0 Å². The molecule has 1 fully saturated rings. The SMILES string of the molecule is COc1ccc2c(c1C1(N)CC1)CCC2. The minimum absolute atomic E-state index is 0.0684. The van der Waals surface area contributed by atoms with Crippen molar-refractivity contribution < 1.29 is 4.74 Å². The van der Waals surface area contributed by atoms with E-state index >= 15 is 0 Å². The lowest BCUT2D eigenvalue weighted by molar-refractivity contribution is 0.403. The number of rotatable bonds is 2. The van der Waals surface area contributed by atoms with E-state index in [4.69, 9.17) is 10.5 Å². The Morgan fingerprint density at radius 3 is 2.73 bits per heavy atom. The summed E-state index contributed by atoms with van der Waals surface area (Å²) >= 11 is 0. The van der Waals surface area contributed by atoms with Crippen molar-refractivity contribution in [1.29, 1.82) is 0 Å². The van der Waals surface area contributed by atoms with Gasteiger partial charge in [-0.1, -0.05) is 6.07 Å². The first kappa shape index (κ1) is 9.22. The fraction of sp³-hybridized carbons (Fsp3) is 0.538. The highest BCUT2D eigenvalue weighted by Crippen LogP contribution is 2.50. The maximum atomic E-state index is 6.34. The van der Waals surface area contributed by atoms with Crippen LogP contribution in [-0.2, 0) is 18.4 Å². The van der Waals surface area contributed by atoms with Crippen LogP contribution in [0.5, 0.6) is 5.75 Å². The maximum absolute atomic E-state index is 6.34. The van der Waals surface area contributed by atoms with Gasteiger partial charge in [-0.05, 0) is 49.3 Å². The van der Waals surface area contributed by atoms with E-state index in [0.717, 1.165) is 18.6 Å². The zero-order valence-corrected chi connectivity index (χ0v) is 9.18. The molecule has 3 rings (SSSR count). The molecular weight excluding hydrogens is 186 g/mol. The summed E-state index contributed by atoms with van der Waals surface area (Å²) in [5.41, 5.74) is 10.5. The first-order valence-corrected chi connectivity index (χ1v) is 5.73. The number of fused-ring (bicyclic) bond motifs is 1. The van der Waals surface area contributed by atoms with E-state index in [2.05, 4.69) is 12.1 Å². The maximum Gasteiger partial charge on any atom is 0.124 e. The molecule has 0 bridgehead atoms. The molecule has 2 nitrogen and oxygen atoms in total. The van der Waals surface area contributed by atoms with Gasteiger partial charge in [0.2, 0.25) is 0 Å². The van der Waals surface area contributed by atoms with Crippen molar-refractivity contribution in [2.45, 2.75) is 37.6 Å². The third kappa shape index (κ3) is 1.28. The van der Waals surface area contributed by atoms with Crippen LogP contribution in [0.25, 0.3) is 0 Å². The van der Waals surface area contributed by atoms with Gasteiger partial charge in [0, 0.05) is 11.1 Å². The molecular formula is C13H17NO. The van der Waals surface area contributed by atoms with Gasteiger partial charge in [0.15, 0.2) is 0 Å². The van der Waals surface area contributed by atoms with Crippen molar-refractivity contribution in [3.63, 3.8) is 0 Å². The van der Waals surface area contributed by atoms with E-state index in [1.165, 1.54) is 36.0 Å². The molecule has 1 aromatic carbocycles. The molecule has 0 spiro atoms. The Hall–Kier alpha value is -1.02. The average Bonchev–Trinajstić information content (AvgIpc) is 2.82. The summed E-state index contributed by atoms with van der Waals surface area (Å²) < 4.78 is 5.46. The van der Waals surface area contributed by atoms with Gasteiger partial charge in [-0.3, -0.25) is 0 Å². The first-order chi connectivity index (χ1) is 7.24. The quantitative estimate of drug-likeness (QED) is 0.799. The van der Waals surface area contributed by atoms with Crippen LogP contribution in [-0.4, -0.2) is 7.11 Å². The molecule has 2 aliphatic rings. The molecule has 15 heavy (non-hydrogen) atoms. The lowest BCUT2D eigenvalue weighted by Gasteiger charge is -2.18. The molecule has 0 unspecified atom stereocenters. The Labute approximate surface area is 90.4 Å². The van der Waals surface area contributed by atoms with Crippen LogP contribution in [0, 0.1) is 0 Å². The molecule has 2 N–H and O–H groups in total. The summed E-state index contributed by atoms with van der Waals surface area (Å²) in [4.78, 5) is 0. The Morgan fingerprint density at radius 2 is 2.07 bits per heavy atom. The van der Waals surface area contributed by atoms with E-state index in [1.807, 2.05) is 0 Å². The van der Waals surface area contributed by atoms with Crippen LogP contribution >= 0.6 is 0 Å². The second kappa shape index (κ2) is 2.99. The van der Waals surface area contributed by atoms with Crippen molar-refractivity contribution in [3.05, 3.63) is 28.8 Å². The molecule has 0 amide bonds. The second-order valence-electron chi connectivity index (χ2n) is 4.79. The summed E-state index contributed by atoms with van der Waals surface area (Å²) in [6, 6.07) is 4.29. The van der Waals surface area contributed by atoms with Crippen molar-refractivity contribution in [1.82, 2.24) is 0 Å². The lowest BCUT2D eigenvalue weighted by atomic mass is 9.95. The fourth-order valence-electron chi connectivity index (χ4n) is 2.75. The van der Waals surface area contributed by atoms with Crippen molar-refractivity contribution >= 4 is 0 Å². The number of ether oxygens (including phenoxy) is 1. The molecule has 0 aromatic heterocycles. The molecule has 0 saturated heterocycles. The van der Waals surface area contributed by atoms with Crippen molar-refractivity contribution in [3.8, 4) is 5.75 Å². The van der Waals surface area contributed by atoms with Gasteiger partial charge in [-0.2, -0.15) is 0 Å². The highest BCUT2D eigenvalue weighted by atomic mass is 16.5. The zero-order valence-electron chi connectivity index (χ0n) is 9.18. The van der Waals surface area contributed by atoms with E-state index in [1.54, 1.807) is 7.11 Å². The van der Waals surface area contributed by atoms with Gasteiger partial charge >= 0.3 is 0 Å². The summed E-state index contributed by atoms with van der Waals surface area (Å²) in [7, 11) is 1.74. The van der Waals surface area contributed by atoms with Crippen molar-refractivity contribution in [2.75, 3.05) is 7.11 Å². The third-order valence-corrected chi connectivity index (χ3v) is 3.75. The van der Waals surface area contributed by atoms with Gasteiger partial charge in [0.1, 0.15) is 5.75 Å². The Balaban J connectivity index is 2.19. The number of nitrogens with two attached hydrogens (primary N) is 1. The number of aryl methyl sites for hydroxylation is 1. The van der Waals surface area contributed by atoms with Gasteiger partial charge < -0.3 is 10.5 Å². The largest absolute Gasteiger partial charge is 0.496 e. The van der Waals surface area contributed by atoms with Crippen LogP contribution < -0.4 is 10.5 Å². The van der Waals surface area contributed by atoms with Gasteiger partial charge in [-0.25, -0.2) is 0 Å². The summed E-state index contributed by atoms with van der Waals surface area (Å²) in [6.45, 7) is 0. The summed E-state index contributed by atoms with van der Waals surface area (Å²) in [5, 5.41) is 0. The fourth-order valence-corrected chi connectivity index (χ4v) is 2.75. The van der Waals surface area contributed by atoms with Crippen molar-refractivity contribution in [2.24, 2.45) is 5.73 Å². The Morgan fingerprint density at radius 1 is 1.27 bits per heavy atom. The number of methoxy groups -OCH3 is 1. The van der Waals surface area contributed by atoms with Crippen LogP contribution in [0.3, 0.4) is 0 Å². The molecule has 0 radical (unpaired) electrons. The summed E-state index contributed by atoms with van der Waals surface area (Å²) in [6.07, 6.45) is 5.88. The second-order valence-corrected chi connectivity index (χ2v) is 4.79. The van der Waals surface area contributed by atoms with Crippen LogP contribution in [0.15, 0.2) is 12.1 Å². The average molecular weight is 203 g/mol. The minimum atomic E-state index is -0.0684. The van der Waals surface area contributed by atoms with Crippen LogP contribution in [0.2, 0.25) is 0 Å². The molecule has 0 heterocycles. The smallest absolute Gasteiger partial charge is 0.124 e. The highest BCUT2D eigenvalue weighted by Gasteiger charge is 2.44. The molecule has 1 aromatic rings. The Bertz CT molecular complexity index is 407. The van der Waals surface area contributed by atoms with Gasteiger partial charge in [0.05, 0.1) is 7.11 Å². The molecule has 0 aliphatic heterocycles. The van der Waals surface area contributed by atoms with Gasteiger partial charge in [-0.15, -0.1) is 0 Å². The molecule has 2 heteroatoms. The van der Waals surface area contributed by atoms with E-state index < -0.39 is 0 Å². The monoisotopic (exact) mass is 203 g/mol. The van der Waals surface area contributed by atoms with Crippen LogP contribution in [0.4, 0.5) is 0 Å². The first-order valence-electron chi connectivity index (χ1n) is 5.73. The number of hydrogen-bond acceptors (Lipinski definition) is 2.